The lowest BCUT2D eigenvalue weighted by molar-refractivity contribution is -0.115. The highest BCUT2D eigenvalue weighted by molar-refractivity contribution is 5.95. The van der Waals surface area contributed by atoms with Crippen molar-refractivity contribution in [1.29, 1.82) is 0 Å². The Hall–Kier alpha value is -2.90. The topological polar surface area (TPSA) is 119 Å². The van der Waals surface area contributed by atoms with Crippen molar-refractivity contribution in [3.05, 3.63) is 41.1 Å². The minimum Gasteiger partial charge on any atom is -0.508 e. The van der Waals surface area contributed by atoms with Crippen LogP contribution in [0.2, 0.25) is 0 Å². The highest BCUT2D eigenvalue weighted by Crippen LogP contribution is 2.34. The van der Waals surface area contributed by atoms with Crippen molar-refractivity contribution in [2.24, 2.45) is 5.73 Å². The van der Waals surface area contributed by atoms with Gasteiger partial charge in [0.05, 0.1) is 5.57 Å². The molecule has 2 aromatic rings. The van der Waals surface area contributed by atoms with Crippen LogP contribution in [0.25, 0.3) is 0 Å². The number of tetrazole rings is 1. The van der Waals surface area contributed by atoms with Gasteiger partial charge < -0.3 is 16.2 Å². The van der Waals surface area contributed by atoms with Crippen molar-refractivity contribution < 1.29 is 9.90 Å². The summed E-state index contributed by atoms with van der Waals surface area (Å²) in [6.45, 7) is 1.73. The maximum Gasteiger partial charge on any atom is 0.248 e. The molecule has 0 saturated heterocycles. The average Bonchev–Trinajstić information content (AvgIpc) is 2.84. The molecular formula is C12H12N6O2. The average molecular weight is 272 g/mol. The summed E-state index contributed by atoms with van der Waals surface area (Å²) in [6.07, 6.45) is 0. The number of phenolic OH excluding ortho intramolecular Hbond substituents is 1. The lowest BCUT2D eigenvalue weighted by Crippen LogP contribution is -2.31. The molecule has 0 fully saturated rings. The first-order valence-corrected chi connectivity index (χ1v) is 5.92. The predicted molar refractivity (Wildman–Crippen MR) is 69.6 cm³/mol. The number of allylic oxidation sites excluding steroid dienone is 1. The zero-order valence-corrected chi connectivity index (χ0v) is 10.6. The first-order valence-electron chi connectivity index (χ1n) is 5.92. The number of hydrogen-bond acceptors (Lipinski definition) is 6. The molecule has 3 rings (SSSR count). The van der Waals surface area contributed by atoms with Crippen LogP contribution in [0.1, 0.15) is 18.5 Å². The van der Waals surface area contributed by atoms with E-state index in [2.05, 4.69) is 20.8 Å². The normalized spacial score (nSPS) is 17.6. The molecule has 4 N–H and O–H groups in total. The van der Waals surface area contributed by atoms with Gasteiger partial charge in [0.2, 0.25) is 11.9 Å². The van der Waals surface area contributed by atoms with Gasteiger partial charge in [0.25, 0.3) is 0 Å². The molecule has 8 nitrogen and oxygen atoms in total. The fourth-order valence-electron chi connectivity index (χ4n) is 2.33. The number of nitrogens with zero attached hydrogens (tertiary/aromatic N) is 4. The lowest BCUT2D eigenvalue weighted by atomic mass is 9.95. The van der Waals surface area contributed by atoms with Gasteiger partial charge in [-0.25, -0.2) is 0 Å². The van der Waals surface area contributed by atoms with Crippen molar-refractivity contribution in [3.8, 4) is 5.75 Å². The van der Waals surface area contributed by atoms with Gasteiger partial charge in [-0.15, -0.1) is 0 Å². The Balaban J connectivity index is 2.22. The summed E-state index contributed by atoms with van der Waals surface area (Å²) in [7, 11) is 0. The second-order valence-corrected chi connectivity index (χ2v) is 4.47. The van der Waals surface area contributed by atoms with Crippen LogP contribution in [0.5, 0.6) is 5.75 Å². The van der Waals surface area contributed by atoms with Crippen molar-refractivity contribution in [2.75, 3.05) is 5.32 Å². The van der Waals surface area contributed by atoms with E-state index < -0.39 is 11.9 Å². The van der Waals surface area contributed by atoms with E-state index in [0.29, 0.717) is 22.8 Å². The van der Waals surface area contributed by atoms with Gasteiger partial charge >= 0.3 is 0 Å². The van der Waals surface area contributed by atoms with Gasteiger partial charge in [0.15, 0.2) is 0 Å². The summed E-state index contributed by atoms with van der Waals surface area (Å²) >= 11 is 0. The third-order valence-corrected chi connectivity index (χ3v) is 3.17. The first-order chi connectivity index (χ1) is 9.58. The number of phenols is 1. The van der Waals surface area contributed by atoms with Gasteiger partial charge in [-0.1, -0.05) is 17.2 Å². The summed E-state index contributed by atoms with van der Waals surface area (Å²) < 4.78 is 1.46. The number of rotatable bonds is 2. The number of aromatic nitrogens is 4. The fourth-order valence-corrected chi connectivity index (χ4v) is 2.33. The Labute approximate surface area is 113 Å². The Kier molecular flexibility index (Phi) is 2.63. The van der Waals surface area contributed by atoms with Crippen LogP contribution in [0, 0.1) is 0 Å². The van der Waals surface area contributed by atoms with Crippen LogP contribution < -0.4 is 11.1 Å². The number of carbonyl (C=O) groups is 1. The van der Waals surface area contributed by atoms with Crippen molar-refractivity contribution in [3.63, 3.8) is 0 Å². The van der Waals surface area contributed by atoms with E-state index in [1.54, 1.807) is 31.2 Å². The van der Waals surface area contributed by atoms with Crippen LogP contribution >= 0.6 is 0 Å². The summed E-state index contributed by atoms with van der Waals surface area (Å²) in [6, 6.07) is 6.00. The molecule has 1 aromatic heterocycles. The number of aromatic hydroxyl groups is 1. The fraction of sp³-hybridized carbons (Fsp3) is 0.167. The quantitative estimate of drug-likeness (QED) is 0.716. The van der Waals surface area contributed by atoms with E-state index in [-0.39, 0.29) is 5.75 Å². The van der Waals surface area contributed by atoms with Gasteiger partial charge in [-0.3, -0.25) is 4.79 Å². The standard InChI is InChI=1S/C12H12N6O2/c1-6-9(11(13)20)10(7-3-2-4-8(19)5-7)18-12(14-6)15-16-17-18/h2-5,10,19H,1H3,(H2,13,20)(H,14,15,17). The van der Waals surface area contributed by atoms with Gasteiger partial charge in [-0.2, -0.15) is 4.68 Å². The van der Waals surface area contributed by atoms with Crippen LogP contribution in [0.4, 0.5) is 5.95 Å². The Morgan fingerprint density at radius 3 is 3.00 bits per heavy atom. The molecule has 1 amide bonds. The van der Waals surface area contributed by atoms with E-state index in [1.165, 1.54) is 4.68 Å². The number of hydrogen-bond donors (Lipinski definition) is 3. The third kappa shape index (κ3) is 1.78. The summed E-state index contributed by atoms with van der Waals surface area (Å²) in [5.74, 6) is -0.0533. The molecular weight excluding hydrogens is 260 g/mol. The largest absolute Gasteiger partial charge is 0.508 e. The summed E-state index contributed by atoms with van der Waals surface area (Å²) in [5.41, 5.74) is 7.09. The maximum atomic E-state index is 11.7. The first kappa shape index (κ1) is 12.2. The second-order valence-electron chi connectivity index (χ2n) is 4.47. The molecule has 0 saturated carbocycles. The zero-order chi connectivity index (χ0) is 14.3. The van der Waals surface area contributed by atoms with Gasteiger partial charge in [0.1, 0.15) is 11.8 Å². The monoisotopic (exact) mass is 272 g/mol. The number of amides is 1. The Morgan fingerprint density at radius 2 is 2.30 bits per heavy atom. The molecule has 8 heteroatoms. The second kappa shape index (κ2) is 4.34. The van der Waals surface area contributed by atoms with E-state index >= 15 is 0 Å². The molecule has 0 radical (unpaired) electrons. The smallest absolute Gasteiger partial charge is 0.248 e. The van der Waals surface area contributed by atoms with Crippen molar-refractivity contribution in [1.82, 2.24) is 20.2 Å². The van der Waals surface area contributed by atoms with Crippen molar-refractivity contribution in [2.45, 2.75) is 13.0 Å². The van der Waals surface area contributed by atoms with Crippen molar-refractivity contribution >= 4 is 11.9 Å². The molecule has 1 aromatic carbocycles. The highest BCUT2D eigenvalue weighted by Gasteiger charge is 2.32. The van der Waals surface area contributed by atoms with Crippen LogP contribution in [-0.4, -0.2) is 31.2 Å². The summed E-state index contributed by atoms with van der Waals surface area (Å²) in [5, 5.41) is 23.9. The number of primary amides is 1. The molecule has 0 aliphatic carbocycles. The number of fused-ring (bicyclic) bond motifs is 1. The van der Waals surface area contributed by atoms with Gasteiger partial charge in [-0.05, 0) is 35.0 Å². The summed E-state index contributed by atoms with van der Waals surface area (Å²) in [4.78, 5) is 11.7. The van der Waals surface area contributed by atoms with E-state index in [0.717, 1.165) is 0 Å². The predicted octanol–water partition coefficient (Wildman–Crippen LogP) is 0.153. The molecule has 2 heterocycles. The molecule has 102 valence electrons. The highest BCUT2D eigenvalue weighted by atomic mass is 16.3. The Bertz CT molecular complexity index is 720. The molecule has 1 unspecified atom stereocenters. The van der Waals surface area contributed by atoms with Gasteiger partial charge in [0, 0.05) is 5.70 Å². The van der Waals surface area contributed by atoms with E-state index in [9.17, 15) is 9.90 Å². The van der Waals surface area contributed by atoms with Crippen LogP contribution in [-0.2, 0) is 4.79 Å². The maximum absolute atomic E-state index is 11.7. The SMILES string of the molecule is CC1=C(C(N)=O)C(c2cccc(O)c2)n2nnnc2N1. The molecule has 20 heavy (non-hydrogen) atoms. The Morgan fingerprint density at radius 1 is 1.50 bits per heavy atom. The third-order valence-electron chi connectivity index (χ3n) is 3.17. The molecule has 1 atom stereocenters. The van der Waals surface area contributed by atoms with E-state index in [1.807, 2.05) is 0 Å². The van der Waals surface area contributed by atoms with Crippen LogP contribution in [0.3, 0.4) is 0 Å². The molecule has 0 spiro atoms. The zero-order valence-electron chi connectivity index (χ0n) is 10.6. The molecule has 0 bridgehead atoms. The minimum absolute atomic E-state index is 0.0946. The number of nitrogens with one attached hydrogen (secondary N) is 1. The number of benzene rings is 1. The van der Waals surface area contributed by atoms with E-state index in [4.69, 9.17) is 5.73 Å². The molecule has 1 aliphatic heterocycles. The number of anilines is 1. The lowest BCUT2D eigenvalue weighted by Gasteiger charge is -2.26. The van der Waals surface area contributed by atoms with Crippen LogP contribution in [0.15, 0.2) is 35.5 Å². The molecule has 1 aliphatic rings. The number of nitrogens with two attached hydrogens (primary N) is 1. The number of carbonyl (C=O) groups excluding carboxylic acids is 1. The minimum atomic E-state index is -0.565.